The number of hydrogen-bond donors (Lipinski definition) is 1. The zero-order valence-corrected chi connectivity index (χ0v) is 13.9. The standard InChI is InChI=1S/C17H22N2O5/c1-3-18-11-17(24-16(18)22)6-8-19(9-7-17)15(21)12-4-5-13(20)14(10-12)23-2/h4-5,10,20H,3,6-9,11H2,1-2H3. The highest BCUT2D eigenvalue weighted by atomic mass is 16.6. The number of carbonyl (C=O) groups is 2. The summed E-state index contributed by atoms with van der Waals surface area (Å²) in [5, 5.41) is 9.64. The maximum Gasteiger partial charge on any atom is 0.410 e. The number of nitrogens with zero attached hydrogens (tertiary/aromatic N) is 2. The fourth-order valence-electron chi connectivity index (χ4n) is 3.31. The van der Waals surface area contributed by atoms with Crippen molar-refractivity contribution in [3.63, 3.8) is 0 Å². The van der Waals surface area contributed by atoms with Gasteiger partial charge in [-0.3, -0.25) is 4.79 Å². The van der Waals surface area contributed by atoms with Gasteiger partial charge in [-0.1, -0.05) is 0 Å². The third kappa shape index (κ3) is 2.86. The molecule has 130 valence electrons. The molecule has 3 rings (SSSR count). The fourth-order valence-corrected chi connectivity index (χ4v) is 3.31. The molecule has 0 unspecified atom stereocenters. The van der Waals surface area contributed by atoms with Crippen LogP contribution >= 0.6 is 0 Å². The van der Waals surface area contributed by atoms with Crippen LogP contribution in [0.5, 0.6) is 11.5 Å². The van der Waals surface area contributed by atoms with Crippen molar-refractivity contribution in [2.75, 3.05) is 33.3 Å². The van der Waals surface area contributed by atoms with E-state index in [0.717, 1.165) is 0 Å². The molecule has 0 aromatic heterocycles. The molecule has 0 saturated carbocycles. The van der Waals surface area contributed by atoms with E-state index in [1.807, 2.05) is 6.92 Å². The highest BCUT2D eigenvalue weighted by Crippen LogP contribution is 2.34. The summed E-state index contributed by atoms with van der Waals surface area (Å²) in [4.78, 5) is 27.9. The Labute approximate surface area is 140 Å². The van der Waals surface area contributed by atoms with Gasteiger partial charge >= 0.3 is 6.09 Å². The molecule has 0 bridgehead atoms. The Morgan fingerprint density at radius 2 is 2.08 bits per heavy atom. The van der Waals surface area contributed by atoms with Crippen molar-refractivity contribution in [1.82, 2.24) is 9.80 Å². The topological polar surface area (TPSA) is 79.3 Å². The van der Waals surface area contributed by atoms with Gasteiger partial charge in [0.05, 0.1) is 13.7 Å². The van der Waals surface area contributed by atoms with Crippen molar-refractivity contribution in [2.45, 2.75) is 25.4 Å². The number of likely N-dealkylation sites (N-methyl/N-ethyl adjacent to an activating group) is 1. The van der Waals surface area contributed by atoms with Crippen molar-refractivity contribution in [2.24, 2.45) is 0 Å². The Balaban J connectivity index is 1.67. The molecule has 2 amide bonds. The van der Waals surface area contributed by atoms with E-state index in [1.165, 1.54) is 19.2 Å². The van der Waals surface area contributed by atoms with Gasteiger partial charge in [0.1, 0.15) is 5.60 Å². The van der Waals surface area contributed by atoms with Crippen molar-refractivity contribution >= 4 is 12.0 Å². The lowest BCUT2D eigenvalue weighted by atomic mass is 9.91. The third-order valence-electron chi connectivity index (χ3n) is 4.81. The molecular weight excluding hydrogens is 312 g/mol. The van der Waals surface area contributed by atoms with Gasteiger partial charge in [0.25, 0.3) is 5.91 Å². The minimum absolute atomic E-state index is 0.00386. The molecule has 2 fully saturated rings. The summed E-state index contributed by atoms with van der Waals surface area (Å²) >= 11 is 0. The third-order valence-corrected chi connectivity index (χ3v) is 4.81. The number of amides is 2. The number of carbonyl (C=O) groups excluding carboxylic acids is 2. The first kappa shape index (κ1) is 16.4. The van der Waals surface area contributed by atoms with Crippen LogP contribution in [0.3, 0.4) is 0 Å². The van der Waals surface area contributed by atoms with E-state index in [-0.39, 0.29) is 23.5 Å². The molecule has 2 aliphatic heterocycles. The molecule has 0 radical (unpaired) electrons. The van der Waals surface area contributed by atoms with E-state index in [0.29, 0.717) is 44.6 Å². The molecular formula is C17H22N2O5. The first-order valence-corrected chi connectivity index (χ1v) is 8.12. The molecule has 0 atom stereocenters. The van der Waals surface area contributed by atoms with Gasteiger partial charge in [-0.05, 0) is 25.1 Å². The highest BCUT2D eigenvalue weighted by Gasteiger charge is 2.47. The number of phenols is 1. The van der Waals surface area contributed by atoms with Crippen LogP contribution in [-0.4, -0.2) is 65.8 Å². The fraction of sp³-hybridized carbons (Fsp3) is 0.529. The van der Waals surface area contributed by atoms with Crippen molar-refractivity contribution < 1.29 is 24.2 Å². The summed E-state index contributed by atoms with van der Waals surface area (Å²) in [5.74, 6) is 0.168. The number of piperidine rings is 1. The molecule has 1 aromatic rings. The first-order valence-electron chi connectivity index (χ1n) is 8.12. The molecule has 2 heterocycles. The van der Waals surface area contributed by atoms with E-state index in [1.54, 1.807) is 15.9 Å². The molecule has 7 nitrogen and oxygen atoms in total. The first-order chi connectivity index (χ1) is 11.5. The Kier molecular flexibility index (Phi) is 4.26. The van der Waals surface area contributed by atoms with Crippen LogP contribution in [-0.2, 0) is 4.74 Å². The number of ether oxygens (including phenoxy) is 2. The maximum absolute atomic E-state index is 12.6. The average molecular weight is 334 g/mol. The van der Waals surface area contributed by atoms with Crippen molar-refractivity contribution in [1.29, 1.82) is 0 Å². The van der Waals surface area contributed by atoms with Crippen molar-refractivity contribution in [3.8, 4) is 11.5 Å². The van der Waals surface area contributed by atoms with E-state index >= 15 is 0 Å². The summed E-state index contributed by atoms with van der Waals surface area (Å²) < 4.78 is 10.6. The summed E-state index contributed by atoms with van der Waals surface area (Å²) in [6.45, 7) is 4.23. The van der Waals surface area contributed by atoms with Crippen LogP contribution in [0.25, 0.3) is 0 Å². The van der Waals surface area contributed by atoms with Gasteiger partial charge in [0.2, 0.25) is 0 Å². The number of hydrogen-bond acceptors (Lipinski definition) is 5. The summed E-state index contributed by atoms with van der Waals surface area (Å²) in [6.07, 6.45) is 1.01. The zero-order valence-electron chi connectivity index (χ0n) is 13.9. The van der Waals surface area contributed by atoms with Crippen LogP contribution in [0.2, 0.25) is 0 Å². The summed E-state index contributed by atoms with van der Waals surface area (Å²) in [6, 6.07) is 4.57. The minimum atomic E-state index is -0.462. The number of aromatic hydroxyl groups is 1. The monoisotopic (exact) mass is 334 g/mol. The normalized spacial score (nSPS) is 19.5. The Morgan fingerprint density at radius 1 is 1.38 bits per heavy atom. The van der Waals surface area contributed by atoms with Gasteiger partial charge in [-0.25, -0.2) is 4.79 Å². The van der Waals surface area contributed by atoms with Gasteiger partial charge in [-0.2, -0.15) is 0 Å². The lowest BCUT2D eigenvalue weighted by Crippen LogP contribution is -2.48. The Hall–Kier alpha value is -2.44. The number of likely N-dealkylation sites (tertiary alicyclic amines) is 1. The van der Waals surface area contributed by atoms with Gasteiger partial charge in [-0.15, -0.1) is 0 Å². The van der Waals surface area contributed by atoms with Gasteiger partial charge in [0, 0.05) is 38.0 Å². The van der Waals surface area contributed by atoms with E-state index in [9.17, 15) is 14.7 Å². The number of phenolic OH excluding ortho intramolecular Hbond substituents is 1. The van der Waals surface area contributed by atoms with Crippen LogP contribution in [0, 0.1) is 0 Å². The van der Waals surface area contributed by atoms with Crippen LogP contribution < -0.4 is 4.74 Å². The lowest BCUT2D eigenvalue weighted by molar-refractivity contribution is 0.00313. The summed E-state index contributed by atoms with van der Waals surface area (Å²) in [5.41, 5.74) is 0.00970. The zero-order chi connectivity index (χ0) is 17.3. The number of rotatable bonds is 3. The predicted molar refractivity (Wildman–Crippen MR) is 86.3 cm³/mol. The average Bonchev–Trinajstić information content (AvgIpc) is 2.90. The van der Waals surface area contributed by atoms with Crippen LogP contribution in [0.1, 0.15) is 30.1 Å². The molecule has 0 aliphatic carbocycles. The maximum atomic E-state index is 12.6. The second-order valence-electron chi connectivity index (χ2n) is 6.24. The SMILES string of the molecule is CCN1CC2(CCN(C(=O)c3ccc(O)c(OC)c3)CC2)OC1=O. The quantitative estimate of drug-likeness (QED) is 0.912. The van der Waals surface area contributed by atoms with E-state index in [4.69, 9.17) is 9.47 Å². The molecule has 1 aromatic carbocycles. The molecule has 7 heteroatoms. The van der Waals surface area contributed by atoms with Crippen molar-refractivity contribution in [3.05, 3.63) is 23.8 Å². The minimum Gasteiger partial charge on any atom is -0.504 e. The second-order valence-corrected chi connectivity index (χ2v) is 6.24. The Morgan fingerprint density at radius 3 is 2.67 bits per heavy atom. The smallest absolute Gasteiger partial charge is 0.410 e. The molecule has 2 saturated heterocycles. The second kappa shape index (κ2) is 6.22. The molecule has 1 spiro atoms. The number of benzene rings is 1. The number of methoxy groups -OCH3 is 1. The summed E-state index contributed by atoms with van der Waals surface area (Å²) in [7, 11) is 1.45. The Bertz CT molecular complexity index is 652. The molecule has 2 aliphatic rings. The molecule has 1 N–H and O–H groups in total. The predicted octanol–water partition coefficient (Wildman–Crippen LogP) is 1.85. The highest BCUT2D eigenvalue weighted by molar-refractivity contribution is 5.95. The largest absolute Gasteiger partial charge is 0.504 e. The van der Waals surface area contributed by atoms with Crippen LogP contribution in [0.15, 0.2) is 18.2 Å². The van der Waals surface area contributed by atoms with E-state index in [2.05, 4.69) is 0 Å². The lowest BCUT2D eigenvalue weighted by Gasteiger charge is -2.37. The van der Waals surface area contributed by atoms with Gasteiger partial charge < -0.3 is 24.4 Å². The van der Waals surface area contributed by atoms with Gasteiger partial charge in [0.15, 0.2) is 11.5 Å². The molecule has 24 heavy (non-hydrogen) atoms. The van der Waals surface area contributed by atoms with E-state index < -0.39 is 5.60 Å². The van der Waals surface area contributed by atoms with Crippen LogP contribution in [0.4, 0.5) is 4.79 Å².